The van der Waals surface area contributed by atoms with Crippen LogP contribution < -0.4 is 0 Å². The molecule has 0 aromatic rings. The van der Waals surface area contributed by atoms with E-state index in [0.717, 1.165) is 5.92 Å². The van der Waals surface area contributed by atoms with E-state index in [4.69, 9.17) is 0 Å². The molecule has 0 unspecified atom stereocenters. The van der Waals surface area contributed by atoms with Crippen LogP contribution in [0.1, 0.15) is 12.8 Å². The quantitative estimate of drug-likeness (QED) is 0.644. The largest absolute Gasteiger partial charge is 0.0586 e. The molecule has 0 N–H and O–H groups in total. The van der Waals surface area contributed by atoms with Crippen LogP contribution in [0.3, 0.4) is 0 Å². The van der Waals surface area contributed by atoms with Crippen LogP contribution in [0, 0.1) is 5.92 Å². The highest BCUT2D eigenvalue weighted by Gasteiger charge is 2.23. The van der Waals surface area contributed by atoms with Crippen LogP contribution in [0.2, 0.25) is 0 Å². The highest BCUT2D eigenvalue weighted by molar-refractivity contribution is 9.14. The maximum Gasteiger partial charge on any atom is 0.00507 e. The Morgan fingerprint density at radius 1 is 1.57 bits per heavy atom. The summed E-state index contributed by atoms with van der Waals surface area (Å²) in [5, 5.41) is 0. The molecule has 40 valence electrons. The van der Waals surface area contributed by atoms with Crippen LogP contribution in [0.4, 0.5) is 0 Å². The summed E-state index contributed by atoms with van der Waals surface area (Å²) in [6.07, 6.45) is 2.73. The molecule has 1 aliphatic rings. The molecule has 0 amide bonds. The molecule has 0 aromatic carbocycles. The maximum absolute atomic E-state index is 3.42. The van der Waals surface area contributed by atoms with E-state index in [1.807, 2.05) is 4.99 Å². The predicted molar refractivity (Wildman–Crippen MR) is 38.7 cm³/mol. The van der Waals surface area contributed by atoms with Crippen LogP contribution in [-0.4, -0.2) is 0 Å². The molecule has 1 fully saturated rings. The second-order valence-corrected chi connectivity index (χ2v) is 3.14. The van der Waals surface area contributed by atoms with Gasteiger partial charge in [-0.05, 0) is 23.7 Å². The Morgan fingerprint density at radius 3 is 2.29 bits per heavy atom. The number of hydrogen-bond acceptors (Lipinski definition) is 0. The van der Waals surface area contributed by atoms with Gasteiger partial charge in [0.25, 0.3) is 0 Å². The summed E-state index contributed by atoms with van der Waals surface area (Å²) in [4.78, 5) is 1.95. The van der Waals surface area contributed by atoms with E-state index in [1.165, 1.54) is 17.3 Å². The monoisotopic (exact) mass is 224 g/mol. The second-order valence-electron chi connectivity index (χ2n) is 1.77. The molecular formula is C5H6Br2. The molecule has 0 saturated heterocycles. The zero-order valence-electron chi connectivity index (χ0n) is 3.82. The van der Waals surface area contributed by atoms with Crippen molar-refractivity contribution in [2.45, 2.75) is 12.8 Å². The van der Waals surface area contributed by atoms with E-state index in [2.05, 4.69) is 31.9 Å². The van der Waals surface area contributed by atoms with E-state index in [-0.39, 0.29) is 0 Å². The van der Waals surface area contributed by atoms with E-state index in [9.17, 15) is 0 Å². The van der Waals surface area contributed by atoms with E-state index in [1.54, 1.807) is 0 Å². The molecule has 0 aromatic heterocycles. The molecule has 0 bridgehead atoms. The van der Waals surface area contributed by atoms with Gasteiger partial charge in [0.2, 0.25) is 0 Å². The summed E-state index contributed by atoms with van der Waals surface area (Å²) in [6.45, 7) is 0. The first-order valence-electron chi connectivity index (χ1n) is 2.30. The molecule has 0 atom stereocenters. The summed E-state index contributed by atoms with van der Waals surface area (Å²) in [6, 6.07) is 0. The van der Waals surface area contributed by atoms with Gasteiger partial charge in [-0.25, -0.2) is 0 Å². The zero-order valence-corrected chi connectivity index (χ0v) is 7.00. The van der Waals surface area contributed by atoms with Gasteiger partial charge in [-0.1, -0.05) is 31.9 Å². The van der Waals surface area contributed by atoms with Gasteiger partial charge in [0.1, 0.15) is 0 Å². The van der Waals surface area contributed by atoms with Crippen LogP contribution in [-0.2, 0) is 0 Å². The molecule has 0 radical (unpaired) electrons. The second kappa shape index (κ2) is 2.31. The van der Waals surface area contributed by atoms with E-state index in [0.29, 0.717) is 0 Å². The number of halogens is 2. The Kier molecular flexibility index (Phi) is 1.93. The molecule has 0 nitrogen and oxygen atoms in total. The van der Waals surface area contributed by atoms with Crippen molar-refractivity contribution >= 4 is 31.9 Å². The van der Waals surface area contributed by atoms with Crippen molar-refractivity contribution in [3.63, 3.8) is 0 Å². The van der Waals surface area contributed by atoms with Gasteiger partial charge in [-0.2, -0.15) is 0 Å². The van der Waals surface area contributed by atoms with Crippen LogP contribution in [0.15, 0.2) is 9.47 Å². The zero-order chi connectivity index (χ0) is 5.28. The smallest absolute Gasteiger partial charge is 0.00507 e. The lowest BCUT2D eigenvalue weighted by molar-refractivity contribution is 1.11. The van der Waals surface area contributed by atoms with Gasteiger partial charge in [0.15, 0.2) is 0 Å². The Hall–Kier alpha value is 0.700. The predicted octanol–water partition coefficient (Wildman–Crippen LogP) is 3.03. The van der Waals surface area contributed by atoms with Crippen LogP contribution in [0.25, 0.3) is 0 Å². The van der Waals surface area contributed by atoms with E-state index < -0.39 is 0 Å². The number of hydrogen-bond donors (Lipinski definition) is 0. The topological polar surface area (TPSA) is 0 Å². The normalized spacial score (nSPS) is 22.9. The first-order chi connectivity index (χ1) is 3.34. The minimum absolute atomic E-state index is 0.847. The van der Waals surface area contributed by atoms with Gasteiger partial charge in [-0.15, -0.1) is 0 Å². The first-order valence-corrected chi connectivity index (χ1v) is 4.01. The van der Waals surface area contributed by atoms with Crippen molar-refractivity contribution in [1.82, 2.24) is 0 Å². The summed E-state index contributed by atoms with van der Waals surface area (Å²) < 4.78 is 1.31. The number of rotatable bonds is 1. The average Bonchev–Trinajstić information content (AvgIpc) is 2.44. The Bertz CT molecular complexity index is 92.3. The van der Waals surface area contributed by atoms with Gasteiger partial charge in [0, 0.05) is 4.48 Å². The summed E-state index contributed by atoms with van der Waals surface area (Å²) >= 11 is 6.66. The third-order valence-electron chi connectivity index (χ3n) is 1.07. The average molecular weight is 226 g/mol. The lowest BCUT2D eigenvalue weighted by Crippen LogP contribution is -1.66. The summed E-state index contributed by atoms with van der Waals surface area (Å²) in [5.41, 5.74) is 0. The third kappa shape index (κ3) is 1.57. The first kappa shape index (κ1) is 5.83. The fourth-order valence-corrected chi connectivity index (χ4v) is 1.28. The molecule has 2 heteroatoms. The SMILES string of the molecule is BrC=C(Br)C1CC1. The summed E-state index contributed by atoms with van der Waals surface area (Å²) in [5.74, 6) is 0.847. The number of allylic oxidation sites excluding steroid dienone is 1. The highest BCUT2D eigenvalue weighted by Crippen LogP contribution is 2.39. The molecule has 0 spiro atoms. The highest BCUT2D eigenvalue weighted by atomic mass is 79.9. The van der Waals surface area contributed by atoms with Crippen molar-refractivity contribution < 1.29 is 0 Å². The summed E-state index contributed by atoms with van der Waals surface area (Å²) in [7, 11) is 0. The molecule has 7 heavy (non-hydrogen) atoms. The third-order valence-corrected chi connectivity index (χ3v) is 3.06. The van der Waals surface area contributed by atoms with Gasteiger partial charge in [0.05, 0.1) is 0 Å². The van der Waals surface area contributed by atoms with Gasteiger partial charge in [-0.3, -0.25) is 0 Å². The van der Waals surface area contributed by atoms with Crippen molar-refractivity contribution in [3.05, 3.63) is 9.47 Å². The van der Waals surface area contributed by atoms with Gasteiger partial charge >= 0.3 is 0 Å². The van der Waals surface area contributed by atoms with Crippen LogP contribution >= 0.6 is 31.9 Å². The lowest BCUT2D eigenvalue weighted by atomic mass is 10.4. The Labute approximate surface area is 60.2 Å². The van der Waals surface area contributed by atoms with Crippen molar-refractivity contribution in [3.8, 4) is 0 Å². The molecule has 0 aliphatic heterocycles. The standard InChI is InChI=1S/C5H6Br2/c6-3-5(7)4-1-2-4/h3-4H,1-2H2. The molecule has 0 heterocycles. The molecule has 1 saturated carbocycles. The minimum Gasteiger partial charge on any atom is -0.0586 e. The molecular weight excluding hydrogens is 220 g/mol. The van der Waals surface area contributed by atoms with E-state index >= 15 is 0 Å². The molecule has 1 rings (SSSR count). The van der Waals surface area contributed by atoms with Crippen molar-refractivity contribution in [2.24, 2.45) is 5.92 Å². The fraction of sp³-hybridized carbons (Fsp3) is 0.600. The van der Waals surface area contributed by atoms with Crippen LogP contribution in [0.5, 0.6) is 0 Å². The van der Waals surface area contributed by atoms with Crippen molar-refractivity contribution in [2.75, 3.05) is 0 Å². The minimum atomic E-state index is 0.847. The maximum atomic E-state index is 3.42. The van der Waals surface area contributed by atoms with Crippen molar-refractivity contribution in [1.29, 1.82) is 0 Å². The van der Waals surface area contributed by atoms with Gasteiger partial charge < -0.3 is 0 Å². The Balaban J connectivity index is 2.37. The molecule has 1 aliphatic carbocycles. The fourth-order valence-electron chi connectivity index (χ4n) is 0.448. The Morgan fingerprint density at radius 2 is 2.14 bits per heavy atom. The lowest BCUT2D eigenvalue weighted by Gasteiger charge is -1.84.